The molecule has 0 unspecified atom stereocenters. The van der Waals surface area contributed by atoms with Gasteiger partial charge >= 0.3 is 18.4 Å². The van der Waals surface area contributed by atoms with Gasteiger partial charge in [0.1, 0.15) is 5.82 Å². The van der Waals surface area contributed by atoms with Crippen LogP contribution in [0.15, 0.2) is 24.4 Å². The zero-order chi connectivity index (χ0) is 21.4. The van der Waals surface area contributed by atoms with E-state index >= 15 is 0 Å². The Morgan fingerprint density at radius 1 is 1.14 bits per heavy atom. The van der Waals surface area contributed by atoms with E-state index in [2.05, 4.69) is 15.0 Å². The molecule has 0 aromatic carbocycles. The average molecular weight is 425 g/mol. The summed E-state index contributed by atoms with van der Waals surface area (Å²) in [6.07, 6.45) is -14.7. The van der Waals surface area contributed by atoms with Crippen LogP contribution < -0.4 is 5.32 Å². The first-order valence-electron chi connectivity index (χ1n) is 8.73. The van der Waals surface area contributed by atoms with Crippen LogP contribution in [0.1, 0.15) is 19.3 Å². The molecule has 160 valence electrons. The van der Waals surface area contributed by atoms with Crippen molar-refractivity contribution in [2.24, 2.45) is 11.3 Å². The first kappa shape index (κ1) is 21.2. The number of aromatic nitrogens is 1. The summed E-state index contributed by atoms with van der Waals surface area (Å²) in [6, 6.07) is 5.00. The quantitative estimate of drug-likeness (QED) is 0.749. The lowest BCUT2D eigenvalue weighted by Crippen LogP contribution is -2.49. The number of nitrogens with one attached hydrogen (secondary N) is 1. The molecule has 1 saturated heterocycles. The fourth-order valence-electron chi connectivity index (χ4n) is 3.55. The number of pyridine rings is 1. The van der Waals surface area contributed by atoms with Crippen molar-refractivity contribution in [2.45, 2.75) is 37.7 Å². The molecule has 12 heteroatoms. The average Bonchev–Trinajstić information content (AvgIpc) is 3.32. The smallest absolute Gasteiger partial charge is 0.426 e. The van der Waals surface area contributed by atoms with Crippen LogP contribution in [0.25, 0.3) is 0 Å². The third-order valence-electron chi connectivity index (χ3n) is 5.25. The van der Waals surface area contributed by atoms with Gasteiger partial charge in [-0.1, -0.05) is 6.07 Å². The molecule has 2 amide bonds. The second-order valence-corrected chi connectivity index (χ2v) is 7.16. The molecule has 1 N–H and O–H groups in total. The number of hydrogen-bond donors (Lipinski definition) is 1. The van der Waals surface area contributed by atoms with Gasteiger partial charge in [0.15, 0.2) is 0 Å². The highest BCUT2D eigenvalue weighted by molar-refractivity contribution is 5.94. The van der Waals surface area contributed by atoms with Crippen molar-refractivity contribution in [1.82, 2.24) is 9.88 Å². The Kier molecular flexibility index (Phi) is 5.39. The Bertz CT molecular complexity index is 746. The maximum atomic E-state index is 12.5. The Morgan fingerprint density at radius 2 is 1.76 bits per heavy atom. The zero-order valence-electron chi connectivity index (χ0n) is 14.9. The molecule has 0 bridgehead atoms. The lowest BCUT2D eigenvalue weighted by atomic mass is 9.91. The molecule has 6 nitrogen and oxygen atoms in total. The number of ether oxygens (including phenoxy) is 1. The summed E-state index contributed by atoms with van der Waals surface area (Å²) in [7, 11) is 0. The number of likely N-dealkylation sites (tertiary alicyclic amines) is 1. The molecule has 1 atom stereocenters. The van der Waals surface area contributed by atoms with Gasteiger partial charge in [-0.25, -0.2) is 9.78 Å². The highest BCUT2D eigenvalue weighted by atomic mass is 19.4. The second kappa shape index (κ2) is 7.38. The second-order valence-electron chi connectivity index (χ2n) is 7.16. The SMILES string of the molecule is O=C(Nc1ccccn1)[C@@H]1CC12CCN(C(=O)OC(C(F)(F)F)C(F)(F)F)CC2. The van der Waals surface area contributed by atoms with Crippen molar-refractivity contribution >= 4 is 17.8 Å². The summed E-state index contributed by atoms with van der Waals surface area (Å²) in [5.41, 5.74) is -0.414. The van der Waals surface area contributed by atoms with Gasteiger partial charge in [-0.05, 0) is 36.8 Å². The number of hydrogen-bond acceptors (Lipinski definition) is 4. The number of alkyl halides is 6. The summed E-state index contributed by atoms with van der Waals surface area (Å²) < 4.78 is 78.9. The van der Waals surface area contributed by atoms with E-state index in [1.165, 1.54) is 6.20 Å². The Balaban J connectivity index is 1.53. The third kappa shape index (κ3) is 4.73. The van der Waals surface area contributed by atoms with E-state index in [0.29, 0.717) is 12.2 Å². The number of amides is 2. The van der Waals surface area contributed by atoms with Crippen molar-refractivity contribution in [2.75, 3.05) is 18.4 Å². The van der Waals surface area contributed by atoms with Crippen molar-refractivity contribution in [3.05, 3.63) is 24.4 Å². The van der Waals surface area contributed by atoms with Gasteiger partial charge in [0.25, 0.3) is 6.10 Å². The van der Waals surface area contributed by atoms with Gasteiger partial charge in [0.2, 0.25) is 5.91 Å². The van der Waals surface area contributed by atoms with Crippen LogP contribution in [0.5, 0.6) is 0 Å². The molecule has 1 aromatic heterocycles. The van der Waals surface area contributed by atoms with E-state index in [9.17, 15) is 35.9 Å². The lowest BCUT2D eigenvalue weighted by Gasteiger charge is -2.33. The van der Waals surface area contributed by atoms with E-state index in [4.69, 9.17) is 0 Å². The maximum absolute atomic E-state index is 12.5. The van der Waals surface area contributed by atoms with Crippen LogP contribution in [0.3, 0.4) is 0 Å². The maximum Gasteiger partial charge on any atom is 0.434 e. The van der Waals surface area contributed by atoms with Gasteiger partial charge in [0, 0.05) is 25.2 Å². The highest BCUT2D eigenvalue weighted by Gasteiger charge is 2.61. The minimum Gasteiger partial charge on any atom is -0.426 e. The predicted octanol–water partition coefficient (Wildman–Crippen LogP) is 3.75. The number of carbonyl (C=O) groups excluding carboxylic acids is 2. The summed E-state index contributed by atoms with van der Waals surface area (Å²) >= 11 is 0. The van der Waals surface area contributed by atoms with Gasteiger partial charge < -0.3 is 15.0 Å². The number of piperidine rings is 1. The fraction of sp³-hybridized carbons (Fsp3) is 0.588. The molecular formula is C17H17F6N3O3. The topological polar surface area (TPSA) is 71.5 Å². The molecule has 29 heavy (non-hydrogen) atoms. The molecule has 3 rings (SSSR count). The number of carbonyl (C=O) groups is 2. The van der Waals surface area contributed by atoms with Crippen LogP contribution >= 0.6 is 0 Å². The van der Waals surface area contributed by atoms with Gasteiger partial charge in [-0.15, -0.1) is 0 Å². The molecule has 1 aliphatic carbocycles. The Hall–Kier alpha value is -2.53. The lowest BCUT2D eigenvalue weighted by molar-refractivity contribution is -0.308. The van der Waals surface area contributed by atoms with Crippen LogP contribution in [0.4, 0.5) is 37.0 Å². The van der Waals surface area contributed by atoms with Crippen LogP contribution in [-0.4, -0.2) is 53.4 Å². The molecular weight excluding hydrogens is 408 g/mol. The number of rotatable bonds is 3. The summed E-state index contributed by atoms with van der Waals surface area (Å²) in [4.78, 5) is 28.9. The zero-order valence-corrected chi connectivity index (χ0v) is 14.9. The molecule has 0 radical (unpaired) electrons. The van der Waals surface area contributed by atoms with E-state index in [0.717, 1.165) is 4.90 Å². The van der Waals surface area contributed by atoms with Gasteiger partial charge in [-0.3, -0.25) is 4.79 Å². The van der Waals surface area contributed by atoms with E-state index in [-0.39, 0.29) is 37.8 Å². The van der Waals surface area contributed by atoms with Crippen LogP contribution in [0, 0.1) is 11.3 Å². The van der Waals surface area contributed by atoms with Crippen LogP contribution in [0.2, 0.25) is 0 Å². The van der Waals surface area contributed by atoms with Gasteiger partial charge in [0.05, 0.1) is 0 Å². The highest BCUT2D eigenvalue weighted by Crippen LogP contribution is 2.59. The summed E-state index contributed by atoms with van der Waals surface area (Å²) in [5, 5.41) is 2.66. The van der Waals surface area contributed by atoms with E-state index in [1.54, 1.807) is 18.2 Å². The van der Waals surface area contributed by atoms with Crippen molar-refractivity contribution in [3.63, 3.8) is 0 Å². The molecule has 2 heterocycles. The van der Waals surface area contributed by atoms with Crippen molar-refractivity contribution in [1.29, 1.82) is 0 Å². The minimum atomic E-state index is -5.75. The van der Waals surface area contributed by atoms with E-state index in [1.807, 2.05) is 0 Å². The normalized spacial score (nSPS) is 21.2. The molecule has 1 saturated carbocycles. The van der Waals surface area contributed by atoms with Gasteiger partial charge in [-0.2, -0.15) is 26.3 Å². The van der Waals surface area contributed by atoms with Crippen molar-refractivity contribution < 1.29 is 40.7 Å². The summed E-state index contributed by atoms with van der Waals surface area (Å²) in [5.74, 6) is -0.222. The summed E-state index contributed by atoms with van der Waals surface area (Å²) in [6.45, 7) is -0.177. The number of nitrogens with zero attached hydrogens (tertiary/aromatic N) is 2. The van der Waals surface area contributed by atoms with Crippen molar-refractivity contribution in [3.8, 4) is 0 Å². The largest absolute Gasteiger partial charge is 0.434 e. The Morgan fingerprint density at radius 3 is 2.28 bits per heavy atom. The monoisotopic (exact) mass is 425 g/mol. The third-order valence-corrected chi connectivity index (χ3v) is 5.25. The fourth-order valence-corrected chi connectivity index (χ4v) is 3.55. The number of anilines is 1. The minimum absolute atomic E-state index is 0.0887. The first-order valence-corrected chi connectivity index (χ1v) is 8.73. The van der Waals surface area contributed by atoms with E-state index < -0.39 is 30.0 Å². The predicted molar refractivity (Wildman–Crippen MR) is 86.6 cm³/mol. The first-order chi connectivity index (χ1) is 13.4. The molecule has 2 fully saturated rings. The molecule has 1 aliphatic heterocycles. The molecule has 1 aromatic rings. The Labute approximate surface area is 161 Å². The van der Waals surface area contributed by atoms with Crippen LogP contribution in [-0.2, 0) is 9.53 Å². The number of halogens is 6. The molecule has 2 aliphatic rings. The molecule has 1 spiro atoms. The standard InChI is InChI=1S/C17H17F6N3O3/c18-16(19,20)13(17(21,22)23)29-14(28)26-7-4-15(5-8-26)9-10(15)12(27)25-11-3-1-2-6-24-11/h1-3,6,10,13H,4-5,7-9H2,(H,24,25,27)/t10-/m0/s1.